The van der Waals surface area contributed by atoms with Gasteiger partial charge in [-0.1, -0.05) is 12.1 Å². The summed E-state index contributed by atoms with van der Waals surface area (Å²) in [5.41, 5.74) is 0.391. The molecule has 0 spiro atoms. The van der Waals surface area contributed by atoms with Gasteiger partial charge in [-0.2, -0.15) is 8.78 Å². The fourth-order valence-electron chi connectivity index (χ4n) is 1.99. The monoisotopic (exact) mass is 337 g/mol. The summed E-state index contributed by atoms with van der Waals surface area (Å²) in [7, 11) is 0. The predicted octanol–water partition coefficient (Wildman–Crippen LogP) is 4.03. The third-order valence-electron chi connectivity index (χ3n) is 3.12. The van der Waals surface area contributed by atoms with Crippen LogP contribution in [0.4, 0.5) is 18.9 Å². The number of rotatable bonds is 7. The van der Waals surface area contributed by atoms with Crippen molar-refractivity contribution in [3.8, 4) is 5.75 Å². The largest absolute Gasteiger partial charge is 0.433 e. The standard InChI is InChI=1S/C17H14F3NO3/c18-12-7-5-11(6-8-12)14(22)9-10-16(23)21-13-3-1-2-4-15(13)24-17(19)20/h1-8,17H,9-10H2,(H,21,23). The first-order chi connectivity index (χ1) is 11.5. The lowest BCUT2D eigenvalue weighted by Gasteiger charge is -2.11. The van der Waals surface area contributed by atoms with Crippen molar-refractivity contribution in [3.63, 3.8) is 0 Å². The molecule has 0 aromatic heterocycles. The van der Waals surface area contributed by atoms with E-state index in [0.29, 0.717) is 5.56 Å². The number of carbonyl (C=O) groups excluding carboxylic acids is 2. The number of ether oxygens (including phenoxy) is 1. The Balaban J connectivity index is 1.92. The number of anilines is 1. The van der Waals surface area contributed by atoms with Crippen LogP contribution in [0.2, 0.25) is 0 Å². The van der Waals surface area contributed by atoms with Gasteiger partial charge in [0.05, 0.1) is 5.69 Å². The highest BCUT2D eigenvalue weighted by molar-refractivity contribution is 6.00. The molecule has 0 fully saturated rings. The second-order valence-electron chi connectivity index (χ2n) is 4.85. The molecular weight excluding hydrogens is 323 g/mol. The lowest BCUT2D eigenvalue weighted by Crippen LogP contribution is -2.15. The molecule has 4 nitrogen and oxygen atoms in total. The highest BCUT2D eigenvalue weighted by atomic mass is 19.3. The van der Waals surface area contributed by atoms with E-state index in [0.717, 1.165) is 12.1 Å². The maximum atomic E-state index is 12.8. The SMILES string of the molecule is O=C(CCC(=O)c1ccc(F)cc1)Nc1ccccc1OC(F)F. The van der Waals surface area contributed by atoms with Crippen LogP contribution in [-0.2, 0) is 4.79 Å². The van der Waals surface area contributed by atoms with Crippen LogP contribution in [0.3, 0.4) is 0 Å². The van der Waals surface area contributed by atoms with E-state index in [4.69, 9.17) is 0 Å². The summed E-state index contributed by atoms with van der Waals surface area (Å²) in [6.45, 7) is -3.01. The number of halogens is 3. The Hall–Kier alpha value is -2.83. The van der Waals surface area contributed by atoms with E-state index in [-0.39, 0.29) is 30.1 Å². The predicted molar refractivity (Wildman–Crippen MR) is 81.7 cm³/mol. The molecule has 1 amide bonds. The number of amides is 1. The van der Waals surface area contributed by atoms with E-state index in [1.165, 1.54) is 30.3 Å². The van der Waals surface area contributed by atoms with Gasteiger partial charge in [-0.15, -0.1) is 0 Å². The number of hydrogen-bond acceptors (Lipinski definition) is 3. The molecule has 0 aliphatic carbocycles. The topological polar surface area (TPSA) is 55.4 Å². The molecule has 0 aliphatic heterocycles. The first kappa shape index (κ1) is 17.5. The van der Waals surface area contributed by atoms with Gasteiger partial charge in [0.1, 0.15) is 11.6 Å². The average molecular weight is 337 g/mol. The number of Topliss-reactive ketones (excluding diaryl/α,β-unsaturated/α-hetero) is 1. The highest BCUT2D eigenvalue weighted by Crippen LogP contribution is 2.25. The van der Waals surface area contributed by atoms with Crippen molar-refractivity contribution in [2.45, 2.75) is 19.5 Å². The molecule has 0 saturated carbocycles. The number of hydrogen-bond donors (Lipinski definition) is 1. The minimum Gasteiger partial charge on any atom is -0.433 e. The lowest BCUT2D eigenvalue weighted by atomic mass is 10.1. The number of benzene rings is 2. The molecular formula is C17H14F3NO3. The molecule has 0 unspecified atom stereocenters. The number of alkyl halides is 2. The minimum atomic E-state index is -3.01. The van der Waals surface area contributed by atoms with Gasteiger partial charge in [0.15, 0.2) is 5.78 Å². The summed E-state index contributed by atoms with van der Waals surface area (Å²) in [5, 5.41) is 2.42. The van der Waals surface area contributed by atoms with Gasteiger partial charge in [-0.05, 0) is 36.4 Å². The number of para-hydroxylation sites is 2. The smallest absolute Gasteiger partial charge is 0.387 e. The summed E-state index contributed by atoms with van der Waals surface area (Å²) in [5.74, 6) is -1.45. The van der Waals surface area contributed by atoms with Crippen LogP contribution in [-0.4, -0.2) is 18.3 Å². The lowest BCUT2D eigenvalue weighted by molar-refractivity contribution is -0.116. The van der Waals surface area contributed by atoms with Crippen molar-refractivity contribution in [1.29, 1.82) is 0 Å². The van der Waals surface area contributed by atoms with E-state index >= 15 is 0 Å². The molecule has 0 saturated heterocycles. The van der Waals surface area contributed by atoms with Crippen LogP contribution in [0.25, 0.3) is 0 Å². The molecule has 2 aromatic carbocycles. The number of ketones is 1. The van der Waals surface area contributed by atoms with E-state index in [1.807, 2.05) is 0 Å². The Morgan fingerprint density at radius 3 is 2.33 bits per heavy atom. The maximum absolute atomic E-state index is 12.8. The zero-order valence-electron chi connectivity index (χ0n) is 12.5. The zero-order chi connectivity index (χ0) is 17.5. The van der Waals surface area contributed by atoms with Crippen molar-refractivity contribution >= 4 is 17.4 Å². The summed E-state index contributed by atoms with van der Waals surface area (Å²) in [6.07, 6.45) is -0.228. The molecule has 24 heavy (non-hydrogen) atoms. The summed E-state index contributed by atoms with van der Waals surface area (Å²) >= 11 is 0. The van der Waals surface area contributed by atoms with Crippen LogP contribution < -0.4 is 10.1 Å². The second-order valence-corrected chi connectivity index (χ2v) is 4.85. The van der Waals surface area contributed by atoms with Crippen molar-refractivity contribution in [1.82, 2.24) is 0 Å². The summed E-state index contributed by atoms with van der Waals surface area (Å²) in [6, 6.07) is 10.7. The van der Waals surface area contributed by atoms with Crippen molar-refractivity contribution < 1.29 is 27.5 Å². The first-order valence-electron chi connectivity index (χ1n) is 7.08. The molecule has 0 heterocycles. The Morgan fingerprint density at radius 2 is 1.67 bits per heavy atom. The Bertz CT molecular complexity index is 717. The Morgan fingerprint density at radius 1 is 1.00 bits per heavy atom. The van der Waals surface area contributed by atoms with Crippen LogP contribution in [0.1, 0.15) is 23.2 Å². The van der Waals surface area contributed by atoms with Gasteiger partial charge in [-0.3, -0.25) is 9.59 Å². The van der Waals surface area contributed by atoms with Gasteiger partial charge in [0.25, 0.3) is 0 Å². The fraction of sp³-hybridized carbons (Fsp3) is 0.176. The van der Waals surface area contributed by atoms with E-state index in [1.54, 1.807) is 6.07 Å². The molecule has 7 heteroatoms. The maximum Gasteiger partial charge on any atom is 0.387 e. The Labute approximate surface area is 136 Å². The van der Waals surface area contributed by atoms with E-state index in [2.05, 4.69) is 10.1 Å². The van der Waals surface area contributed by atoms with Crippen molar-refractivity contribution in [2.24, 2.45) is 0 Å². The molecule has 2 aromatic rings. The van der Waals surface area contributed by atoms with Crippen LogP contribution >= 0.6 is 0 Å². The molecule has 0 atom stereocenters. The Kier molecular flexibility index (Phi) is 5.95. The van der Waals surface area contributed by atoms with Crippen molar-refractivity contribution in [3.05, 3.63) is 59.9 Å². The van der Waals surface area contributed by atoms with Gasteiger partial charge < -0.3 is 10.1 Å². The normalized spacial score (nSPS) is 10.5. The molecule has 0 bridgehead atoms. The minimum absolute atomic E-state index is 0.0880. The van der Waals surface area contributed by atoms with Gasteiger partial charge >= 0.3 is 6.61 Å². The van der Waals surface area contributed by atoms with Crippen LogP contribution in [0, 0.1) is 5.82 Å². The third kappa shape index (κ3) is 5.12. The zero-order valence-corrected chi connectivity index (χ0v) is 12.5. The molecule has 0 aliphatic rings. The number of carbonyl (C=O) groups is 2. The molecule has 2 rings (SSSR count). The van der Waals surface area contributed by atoms with Crippen LogP contribution in [0.5, 0.6) is 5.75 Å². The van der Waals surface area contributed by atoms with E-state index < -0.39 is 18.3 Å². The quantitative estimate of drug-likeness (QED) is 0.776. The number of nitrogens with one attached hydrogen (secondary N) is 1. The average Bonchev–Trinajstić information content (AvgIpc) is 2.54. The fourth-order valence-corrected chi connectivity index (χ4v) is 1.99. The first-order valence-corrected chi connectivity index (χ1v) is 7.08. The molecule has 126 valence electrons. The van der Waals surface area contributed by atoms with Crippen molar-refractivity contribution in [2.75, 3.05) is 5.32 Å². The second kappa shape index (κ2) is 8.14. The molecule has 1 N–H and O–H groups in total. The van der Waals surface area contributed by atoms with Gasteiger partial charge in [0.2, 0.25) is 5.91 Å². The highest BCUT2D eigenvalue weighted by Gasteiger charge is 2.13. The third-order valence-corrected chi connectivity index (χ3v) is 3.12. The van der Waals surface area contributed by atoms with Crippen LogP contribution in [0.15, 0.2) is 48.5 Å². The van der Waals surface area contributed by atoms with Gasteiger partial charge in [0, 0.05) is 18.4 Å². The summed E-state index contributed by atoms with van der Waals surface area (Å²) < 4.78 is 41.7. The van der Waals surface area contributed by atoms with E-state index in [9.17, 15) is 22.8 Å². The van der Waals surface area contributed by atoms with Gasteiger partial charge in [-0.25, -0.2) is 4.39 Å². The molecule has 0 radical (unpaired) electrons. The summed E-state index contributed by atoms with van der Waals surface area (Å²) in [4.78, 5) is 23.8.